The molecule has 2 rings (SSSR count). The van der Waals surface area contributed by atoms with Gasteiger partial charge in [-0.15, -0.1) is 0 Å². The van der Waals surface area contributed by atoms with Crippen LogP contribution in [0.4, 0.5) is 0 Å². The van der Waals surface area contributed by atoms with Gasteiger partial charge in [-0.25, -0.2) is 0 Å². The van der Waals surface area contributed by atoms with Gasteiger partial charge in [-0.3, -0.25) is 9.78 Å². The first-order valence-corrected chi connectivity index (χ1v) is 5.61. The number of Topliss-reactive ketones (excluding diaryl/α,β-unsaturated/α-hetero) is 1. The van der Waals surface area contributed by atoms with E-state index in [9.17, 15) is 4.79 Å². The second kappa shape index (κ2) is 4.64. The molecule has 1 aromatic heterocycles. The number of rotatable bonds is 3. The lowest BCUT2D eigenvalue weighted by Crippen LogP contribution is -1.99. The highest BCUT2D eigenvalue weighted by molar-refractivity contribution is 6.06. The smallest absolute Gasteiger partial charge is 0.162 e. The van der Waals surface area contributed by atoms with Crippen molar-refractivity contribution in [3.63, 3.8) is 0 Å². The van der Waals surface area contributed by atoms with Gasteiger partial charge in [0, 0.05) is 22.7 Å². The fraction of sp³-hybridized carbons (Fsp3) is 0.286. The maximum Gasteiger partial charge on any atom is 0.162 e. The summed E-state index contributed by atoms with van der Waals surface area (Å²) < 4.78 is 10.5. The number of ketones is 1. The van der Waals surface area contributed by atoms with Crippen molar-refractivity contribution in [3.05, 3.63) is 29.5 Å². The molecular formula is C14H15NO3. The number of aryl methyl sites for hydroxylation is 1. The predicted octanol–water partition coefficient (Wildman–Crippen LogP) is 2.76. The van der Waals surface area contributed by atoms with Crippen molar-refractivity contribution in [2.24, 2.45) is 0 Å². The minimum atomic E-state index is 0.0118. The zero-order valence-corrected chi connectivity index (χ0v) is 10.9. The Morgan fingerprint density at radius 1 is 1.11 bits per heavy atom. The number of ether oxygens (including phenoxy) is 2. The van der Waals surface area contributed by atoms with Gasteiger partial charge < -0.3 is 9.47 Å². The molecule has 0 bridgehead atoms. The van der Waals surface area contributed by atoms with E-state index in [1.807, 2.05) is 6.92 Å². The third-order valence-corrected chi connectivity index (χ3v) is 2.82. The van der Waals surface area contributed by atoms with Crippen LogP contribution in [0.15, 0.2) is 18.2 Å². The standard InChI is InChI=1S/C14H15NO3/c1-8-5-10(9(2)16)11-6-13(17-3)14(18-4)7-12(11)15-8/h5-7H,1-4H3. The molecule has 0 N–H and O–H groups in total. The average molecular weight is 245 g/mol. The van der Waals surface area contributed by atoms with Gasteiger partial charge in [0.05, 0.1) is 19.7 Å². The fourth-order valence-corrected chi connectivity index (χ4v) is 1.98. The van der Waals surface area contributed by atoms with E-state index in [2.05, 4.69) is 4.98 Å². The van der Waals surface area contributed by atoms with Crippen LogP contribution in [0, 0.1) is 6.92 Å². The van der Waals surface area contributed by atoms with Gasteiger partial charge in [-0.1, -0.05) is 0 Å². The molecule has 4 nitrogen and oxygen atoms in total. The Morgan fingerprint density at radius 2 is 1.72 bits per heavy atom. The Kier molecular flexibility index (Phi) is 3.19. The van der Waals surface area contributed by atoms with Crippen molar-refractivity contribution in [2.75, 3.05) is 14.2 Å². The molecule has 0 saturated heterocycles. The highest BCUT2D eigenvalue weighted by atomic mass is 16.5. The predicted molar refractivity (Wildman–Crippen MR) is 69.6 cm³/mol. The fourth-order valence-electron chi connectivity index (χ4n) is 1.98. The Balaban J connectivity index is 2.83. The monoisotopic (exact) mass is 245 g/mol. The molecule has 0 aliphatic heterocycles. The molecule has 94 valence electrons. The molecule has 0 amide bonds. The summed E-state index contributed by atoms with van der Waals surface area (Å²) in [4.78, 5) is 16.1. The number of pyridine rings is 1. The van der Waals surface area contributed by atoms with Gasteiger partial charge in [0.25, 0.3) is 0 Å². The molecule has 0 spiro atoms. The van der Waals surface area contributed by atoms with Crippen molar-refractivity contribution in [3.8, 4) is 11.5 Å². The van der Waals surface area contributed by atoms with Crippen molar-refractivity contribution in [1.29, 1.82) is 0 Å². The SMILES string of the molecule is COc1cc2nc(C)cc(C(C)=O)c2cc1OC. The molecule has 4 heteroatoms. The number of nitrogens with zero attached hydrogens (tertiary/aromatic N) is 1. The molecule has 0 radical (unpaired) electrons. The number of hydrogen-bond donors (Lipinski definition) is 0. The number of fused-ring (bicyclic) bond motifs is 1. The van der Waals surface area contributed by atoms with Crippen molar-refractivity contribution >= 4 is 16.7 Å². The van der Waals surface area contributed by atoms with Crippen molar-refractivity contribution in [1.82, 2.24) is 4.98 Å². The zero-order chi connectivity index (χ0) is 13.3. The van der Waals surface area contributed by atoms with E-state index >= 15 is 0 Å². The molecule has 1 heterocycles. The second-order valence-electron chi connectivity index (χ2n) is 4.09. The number of carbonyl (C=O) groups is 1. The maximum absolute atomic E-state index is 11.7. The van der Waals surface area contributed by atoms with Crippen LogP contribution in [0.25, 0.3) is 10.9 Å². The Labute approximate surface area is 106 Å². The van der Waals surface area contributed by atoms with E-state index in [1.165, 1.54) is 0 Å². The number of benzene rings is 1. The van der Waals surface area contributed by atoms with E-state index in [4.69, 9.17) is 9.47 Å². The van der Waals surface area contributed by atoms with Crippen molar-refractivity contribution in [2.45, 2.75) is 13.8 Å². The summed E-state index contributed by atoms with van der Waals surface area (Å²) in [5, 5.41) is 0.783. The van der Waals surface area contributed by atoms with E-state index < -0.39 is 0 Å². The van der Waals surface area contributed by atoms with E-state index in [-0.39, 0.29) is 5.78 Å². The molecule has 2 aromatic rings. The summed E-state index contributed by atoms with van der Waals surface area (Å²) in [6, 6.07) is 5.36. The van der Waals surface area contributed by atoms with E-state index in [1.54, 1.807) is 39.3 Å². The molecule has 0 saturated carbocycles. The highest BCUT2D eigenvalue weighted by Crippen LogP contribution is 2.33. The minimum Gasteiger partial charge on any atom is -0.493 e. The van der Waals surface area contributed by atoms with Gasteiger partial charge >= 0.3 is 0 Å². The first kappa shape index (κ1) is 12.4. The first-order chi connectivity index (χ1) is 8.56. The molecule has 0 aliphatic rings. The summed E-state index contributed by atoms with van der Waals surface area (Å²) in [6.07, 6.45) is 0. The second-order valence-corrected chi connectivity index (χ2v) is 4.09. The van der Waals surface area contributed by atoms with Crippen LogP contribution in [0.2, 0.25) is 0 Å². The zero-order valence-electron chi connectivity index (χ0n) is 10.9. The molecule has 0 atom stereocenters. The highest BCUT2D eigenvalue weighted by Gasteiger charge is 2.12. The molecule has 1 aromatic carbocycles. The van der Waals surface area contributed by atoms with Crippen LogP contribution in [0.1, 0.15) is 23.0 Å². The average Bonchev–Trinajstić information content (AvgIpc) is 2.35. The lowest BCUT2D eigenvalue weighted by atomic mass is 10.0. The normalized spacial score (nSPS) is 10.4. The van der Waals surface area contributed by atoms with Crippen LogP contribution in [0.5, 0.6) is 11.5 Å². The molecular weight excluding hydrogens is 230 g/mol. The van der Waals surface area contributed by atoms with E-state index in [0.717, 1.165) is 16.6 Å². The Morgan fingerprint density at radius 3 is 2.28 bits per heavy atom. The van der Waals surface area contributed by atoms with Crippen LogP contribution >= 0.6 is 0 Å². The van der Waals surface area contributed by atoms with Crippen LogP contribution in [-0.4, -0.2) is 25.0 Å². The summed E-state index contributed by atoms with van der Waals surface area (Å²) in [6.45, 7) is 3.41. The molecule has 0 aliphatic carbocycles. The molecule has 0 fully saturated rings. The Hall–Kier alpha value is -2.10. The van der Waals surface area contributed by atoms with Crippen LogP contribution in [0.3, 0.4) is 0 Å². The first-order valence-electron chi connectivity index (χ1n) is 5.61. The number of carbonyl (C=O) groups excluding carboxylic acids is 1. The van der Waals surface area contributed by atoms with Gasteiger partial charge in [0.1, 0.15) is 0 Å². The van der Waals surface area contributed by atoms with E-state index in [0.29, 0.717) is 17.1 Å². The van der Waals surface area contributed by atoms with Crippen LogP contribution in [-0.2, 0) is 0 Å². The Bertz CT molecular complexity index is 620. The van der Waals surface area contributed by atoms with Gasteiger partial charge in [0.2, 0.25) is 0 Å². The number of aromatic nitrogens is 1. The molecule has 18 heavy (non-hydrogen) atoms. The summed E-state index contributed by atoms with van der Waals surface area (Å²) in [7, 11) is 3.14. The third-order valence-electron chi connectivity index (χ3n) is 2.82. The topological polar surface area (TPSA) is 48.4 Å². The summed E-state index contributed by atoms with van der Waals surface area (Å²) >= 11 is 0. The lowest BCUT2D eigenvalue weighted by Gasteiger charge is -2.11. The largest absolute Gasteiger partial charge is 0.493 e. The van der Waals surface area contributed by atoms with Gasteiger partial charge in [-0.05, 0) is 26.0 Å². The molecule has 0 unspecified atom stereocenters. The maximum atomic E-state index is 11.7. The summed E-state index contributed by atoms with van der Waals surface area (Å²) in [5.41, 5.74) is 2.19. The quantitative estimate of drug-likeness (QED) is 0.780. The lowest BCUT2D eigenvalue weighted by molar-refractivity contribution is 0.101. The number of methoxy groups -OCH3 is 2. The minimum absolute atomic E-state index is 0.0118. The van der Waals surface area contributed by atoms with Crippen LogP contribution < -0.4 is 9.47 Å². The van der Waals surface area contributed by atoms with Gasteiger partial charge in [0.15, 0.2) is 17.3 Å². The third kappa shape index (κ3) is 2.01. The summed E-state index contributed by atoms with van der Waals surface area (Å²) in [5.74, 6) is 1.22. The van der Waals surface area contributed by atoms with Gasteiger partial charge in [-0.2, -0.15) is 0 Å². The van der Waals surface area contributed by atoms with Crippen molar-refractivity contribution < 1.29 is 14.3 Å². The number of hydrogen-bond acceptors (Lipinski definition) is 4.